The standard InChI is InChI=1S/C8H17NO2/c1-3-5-9-7-4-6-11-8(7)10-2/h7-9H,3-6H2,1-2H3/t7-,8?/m0/s1. The van der Waals surface area contributed by atoms with E-state index in [1.54, 1.807) is 7.11 Å². The van der Waals surface area contributed by atoms with Gasteiger partial charge in [-0.25, -0.2) is 0 Å². The van der Waals surface area contributed by atoms with Gasteiger partial charge >= 0.3 is 0 Å². The predicted octanol–water partition coefficient (Wildman–Crippen LogP) is 0.747. The summed E-state index contributed by atoms with van der Waals surface area (Å²) >= 11 is 0. The molecule has 0 saturated carbocycles. The van der Waals surface area contributed by atoms with Gasteiger partial charge in [0.2, 0.25) is 0 Å². The Balaban J connectivity index is 2.20. The normalized spacial score (nSPS) is 31.1. The third-order valence-corrected chi connectivity index (χ3v) is 1.93. The summed E-state index contributed by atoms with van der Waals surface area (Å²) in [6.07, 6.45) is 2.20. The Hall–Kier alpha value is -0.120. The van der Waals surface area contributed by atoms with E-state index < -0.39 is 0 Å². The fourth-order valence-corrected chi connectivity index (χ4v) is 1.32. The maximum Gasteiger partial charge on any atom is 0.172 e. The average Bonchev–Trinajstić information content (AvgIpc) is 2.47. The van der Waals surface area contributed by atoms with Gasteiger partial charge in [-0.2, -0.15) is 0 Å². The first-order chi connectivity index (χ1) is 5.38. The summed E-state index contributed by atoms with van der Waals surface area (Å²) in [5.74, 6) is 0. The molecule has 0 aromatic rings. The molecule has 1 heterocycles. The lowest BCUT2D eigenvalue weighted by molar-refractivity contribution is -0.0995. The highest BCUT2D eigenvalue weighted by Gasteiger charge is 2.26. The zero-order valence-electron chi connectivity index (χ0n) is 7.30. The van der Waals surface area contributed by atoms with Gasteiger partial charge in [0, 0.05) is 7.11 Å². The van der Waals surface area contributed by atoms with Crippen LogP contribution in [0.4, 0.5) is 0 Å². The van der Waals surface area contributed by atoms with Crippen LogP contribution in [0.2, 0.25) is 0 Å². The molecule has 3 nitrogen and oxygen atoms in total. The quantitative estimate of drug-likeness (QED) is 0.656. The number of hydrogen-bond acceptors (Lipinski definition) is 3. The minimum absolute atomic E-state index is 0.0263. The topological polar surface area (TPSA) is 30.5 Å². The second kappa shape index (κ2) is 4.70. The maximum atomic E-state index is 5.33. The Morgan fingerprint density at radius 3 is 3.09 bits per heavy atom. The zero-order valence-corrected chi connectivity index (χ0v) is 7.30. The van der Waals surface area contributed by atoms with Crippen LogP contribution in [0.15, 0.2) is 0 Å². The van der Waals surface area contributed by atoms with Gasteiger partial charge in [-0.15, -0.1) is 0 Å². The van der Waals surface area contributed by atoms with E-state index in [1.165, 1.54) is 0 Å². The third-order valence-electron chi connectivity index (χ3n) is 1.93. The highest BCUT2D eigenvalue weighted by molar-refractivity contribution is 4.75. The van der Waals surface area contributed by atoms with E-state index >= 15 is 0 Å². The minimum atomic E-state index is -0.0263. The lowest BCUT2D eigenvalue weighted by Crippen LogP contribution is -2.37. The molecule has 0 spiro atoms. The molecule has 0 radical (unpaired) electrons. The summed E-state index contributed by atoms with van der Waals surface area (Å²) in [7, 11) is 1.69. The van der Waals surface area contributed by atoms with Gasteiger partial charge < -0.3 is 14.8 Å². The Morgan fingerprint density at radius 2 is 2.45 bits per heavy atom. The van der Waals surface area contributed by atoms with E-state index in [4.69, 9.17) is 9.47 Å². The summed E-state index contributed by atoms with van der Waals surface area (Å²) < 4.78 is 10.5. The predicted molar refractivity (Wildman–Crippen MR) is 43.4 cm³/mol. The lowest BCUT2D eigenvalue weighted by Gasteiger charge is -2.17. The number of rotatable bonds is 4. The number of nitrogens with one attached hydrogen (secondary N) is 1. The van der Waals surface area contributed by atoms with Gasteiger partial charge in [0.05, 0.1) is 12.6 Å². The molecule has 1 fully saturated rings. The van der Waals surface area contributed by atoms with Gasteiger partial charge in [-0.3, -0.25) is 0 Å². The highest BCUT2D eigenvalue weighted by atomic mass is 16.7. The largest absolute Gasteiger partial charge is 0.354 e. The number of hydrogen-bond donors (Lipinski definition) is 1. The van der Waals surface area contributed by atoms with Crippen LogP contribution >= 0.6 is 0 Å². The van der Waals surface area contributed by atoms with Crippen molar-refractivity contribution < 1.29 is 9.47 Å². The molecule has 0 bridgehead atoms. The van der Waals surface area contributed by atoms with Gasteiger partial charge in [0.15, 0.2) is 6.29 Å². The molecule has 1 rings (SSSR count). The second-order valence-electron chi connectivity index (χ2n) is 2.82. The maximum absolute atomic E-state index is 5.33. The van der Waals surface area contributed by atoms with Crippen molar-refractivity contribution in [2.45, 2.75) is 32.1 Å². The average molecular weight is 159 g/mol. The van der Waals surface area contributed by atoms with E-state index in [0.717, 1.165) is 26.0 Å². The van der Waals surface area contributed by atoms with Crippen molar-refractivity contribution in [3.8, 4) is 0 Å². The Bertz CT molecular complexity index is 108. The van der Waals surface area contributed by atoms with Crippen LogP contribution < -0.4 is 5.32 Å². The molecule has 3 heteroatoms. The lowest BCUT2D eigenvalue weighted by atomic mass is 10.2. The monoisotopic (exact) mass is 159 g/mol. The fraction of sp³-hybridized carbons (Fsp3) is 1.00. The summed E-state index contributed by atoms with van der Waals surface area (Å²) in [5, 5.41) is 3.38. The second-order valence-corrected chi connectivity index (χ2v) is 2.82. The highest BCUT2D eigenvalue weighted by Crippen LogP contribution is 2.13. The van der Waals surface area contributed by atoms with Crippen molar-refractivity contribution in [3.05, 3.63) is 0 Å². The molecule has 0 amide bonds. The molecule has 1 unspecified atom stereocenters. The Kier molecular flexibility index (Phi) is 3.83. The van der Waals surface area contributed by atoms with Crippen molar-refractivity contribution in [1.82, 2.24) is 5.32 Å². The summed E-state index contributed by atoms with van der Waals surface area (Å²) in [5.41, 5.74) is 0. The molecule has 66 valence electrons. The molecule has 0 aliphatic carbocycles. The smallest absolute Gasteiger partial charge is 0.172 e. The van der Waals surface area contributed by atoms with Crippen molar-refractivity contribution >= 4 is 0 Å². The number of methoxy groups -OCH3 is 1. The van der Waals surface area contributed by atoms with Gasteiger partial charge in [-0.1, -0.05) is 6.92 Å². The van der Waals surface area contributed by atoms with Crippen LogP contribution in [0.3, 0.4) is 0 Å². The zero-order chi connectivity index (χ0) is 8.10. The van der Waals surface area contributed by atoms with Crippen LogP contribution in [-0.2, 0) is 9.47 Å². The van der Waals surface area contributed by atoms with Gasteiger partial charge in [-0.05, 0) is 19.4 Å². The van der Waals surface area contributed by atoms with Crippen LogP contribution in [0.5, 0.6) is 0 Å². The summed E-state index contributed by atoms with van der Waals surface area (Å²) in [6.45, 7) is 4.03. The first kappa shape index (κ1) is 8.97. The van der Waals surface area contributed by atoms with Gasteiger partial charge in [0.1, 0.15) is 0 Å². The first-order valence-electron chi connectivity index (χ1n) is 4.26. The van der Waals surface area contributed by atoms with Crippen LogP contribution in [-0.4, -0.2) is 32.6 Å². The van der Waals surface area contributed by atoms with Crippen molar-refractivity contribution in [2.75, 3.05) is 20.3 Å². The number of ether oxygens (including phenoxy) is 2. The van der Waals surface area contributed by atoms with Crippen molar-refractivity contribution in [3.63, 3.8) is 0 Å². The molecule has 1 saturated heterocycles. The molecule has 1 N–H and O–H groups in total. The van der Waals surface area contributed by atoms with Gasteiger partial charge in [0.25, 0.3) is 0 Å². The SMILES string of the molecule is CCCN[C@H]1CCOC1OC. The molecular weight excluding hydrogens is 142 g/mol. The molecule has 2 atom stereocenters. The Morgan fingerprint density at radius 1 is 1.64 bits per heavy atom. The van der Waals surface area contributed by atoms with Crippen LogP contribution in [0.25, 0.3) is 0 Å². The molecule has 0 aromatic carbocycles. The minimum Gasteiger partial charge on any atom is -0.354 e. The Labute approximate surface area is 68.1 Å². The molecule has 1 aliphatic heterocycles. The summed E-state index contributed by atoms with van der Waals surface area (Å²) in [6, 6.07) is 0.403. The molecule has 1 aliphatic rings. The van der Waals surface area contributed by atoms with E-state index in [2.05, 4.69) is 12.2 Å². The van der Waals surface area contributed by atoms with E-state index in [0.29, 0.717) is 6.04 Å². The van der Waals surface area contributed by atoms with E-state index in [1.807, 2.05) is 0 Å². The first-order valence-corrected chi connectivity index (χ1v) is 4.26. The van der Waals surface area contributed by atoms with Crippen LogP contribution in [0.1, 0.15) is 19.8 Å². The molecule has 11 heavy (non-hydrogen) atoms. The van der Waals surface area contributed by atoms with Crippen LogP contribution in [0, 0.1) is 0 Å². The van der Waals surface area contributed by atoms with E-state index in [-0.39, 0.29) is 6.29 Å². The third kappa shape index (κ3) is 2.43. The van der Waals surface area contributed by atoms with E-state index in [9.17, 15) is 0 Å². The molecule has 0 aromatic heterocycles. The van der Waals surface area contributed by atoms with Crippen molar-refractivity contribution in [1.29, 1.82) is 0 Å². The summed E-state index contributed by atoms with van der Waals surface area (Å²) in [4.78, 5) is 0. The van der Waals surface area contributed by atoms with Crippen molar-refractivity contribution in [2.24, 2.45) is 0 Å². The fourth-order valence-electron chi connectivity index (χ4n) is 1.32. The molecular formula is C8H17NO2.